The average Bonchev–Trinajstić information content (AvgIpc) is 2.87. The molecule has 4 N–H and O–H groups in total. The van der Waals surface area contributed by atoms with Crippen molar-refractivity contribution >= 4 is 33.2 Å². The molecule has 33 heavy (non-hydrogen) atoms. The first kappa shape index (κ1) is 21.4. The number of fused-ring (bicyclic) bond motifs is 3. The maximum Gasteiger partial charge on any atom is 0.138 e. The largest absolute Gasteiger partial charge is 0.490 e. The van der Waals surface area contributed by atoms with Gasteiger partial charge in [-0.1, -0.05) is 6.92 Å². The van der Waals surface area contributed by atoms with E-state index in [9.17, 15) is 0 Å². The first-order chi connectivity index (χ1) is 16.1. The first-order valence-electron chi connectivity index (χ1n) is 11.3. The molecule has 0 saturated carbocycles. The van der Waals surface area contributed by atoms with E-state index in [4.69, 9.17) is 20.9 Å². The number of benzene rings is 1. The maximum absolute atomic E-state index is 6.37. The van der Waals surface area contributed by atoms with Crippen LogP contribution in [0.5, 0.6) is 5.75 Å². The number of nitrogen functional groups attached to an aromatic ring is 1. The lowest BCUT2D eigenvalue weighted by Gasteiger charge is -2.29. The van der Waals surface area contributed by atoms with Gasteiger partial charge in [-0.3, -0.25) is 9.97 Å². The van der Waals surface area contributed by atoms with Gasteiger partial charge in [-0.05, 0) is 42.1 Å². The second-order valence-electron chi connectivity index (χ2n) is 8.30. The zero-order chi connectivity index (χ0) is 22.8. The maximum atomic E-state index is 6.37. The second-order valence-corrected chi connectivity index (χ2v) is 8.30. The van der Waals surface area contributed by atoms with Crippen molar-refractivity contribution in [3.05, 3.63) is 48.9 Å². The zero-order valence-corrected chi connectivity index (χ0v) is 18.7. The van der Waals surface area contributed by atoms with Crippen molar-refractivity contribution in [2.45, 2.75) is 19.4 Å². The molecular weight excluding hydrogens is 416 g/mol. The van der Waals surface area contributed by atoms with Crippen LogP contribution in [0.3, 0.4) is 0 Å². The molecule has 1 aliphatic heterocycles. The minimum Gasteiger partial charge on any atom is -0.490 e. The van der Waals surface area contributed by atoms with Gasteiger partial charge >= 0.3 is 0 Å². The normalized spacial score (nSPS) is 15.2. The summed E-state index contributed by atoms with van der Waals surface area (Å²) in [6.07, 6.45) is 6.10. The fourth-order valence-electron chi connectivity index (χ4n) is 4.04. The zero-order valence-electron chi connectivity index (χ0n) is 18.7. The highest BCUT2D eigenvalue weighted by atomic mass is 16.5. The van der Waals surface area contributed by atoms with Gasteiger partial charge in [0.2, 0.25) is 0 Å². The molecular formula is C25H28N6O2. The van der Waals surface area contributed by atoms with E-state index in [1.807, 2.05) is 13.0 Å². The van der Waals surface area contributed by atoms with Crippen molar-refractivity contribution in [2.75, 3.05) is 43.5 Å². The Morgan fingerprint density at radius 2 is 1.91 bits per heavy atom. The Morgan fingerprint density at radius 1 is 1.06 bits per heavy atom. The first-order valence-corrected chi connectivity index (χ1v) is 11.3. The van der Waals surface area contributed by atoms with Crippen LogP contribution in [0.15, 0.2) is 48.9 Å². The third-order valence-electron chi connectivity index (χ3n) is 6.06. The average molecular weight is 445 g/mol. The summed E-state index contributed by atoms with van der Waals surface area (Å²) in [4.78, 5) is 15.9. The molecule has 1 fully saturated rings. The van der Waals surface area contributed by atoms with E-state index in [0.717, 1.165) is 71.3 Å². The smallest absolute Gasteiger partial charge is 0.138 e. The molecule has 0 unspecified atom stereocenters. The molecule has 0 radical (unpaired) electrons. The molecule has 5 rings (SSSR count). The number of pyridine rings is 3. The number of nitrogens with zero attached hydrogens (tertiary/aromatic N) is 4. The molecule has 4 heterocycles. The highest BCUT2D eigenvalue weighted by Gasteiger charge is 2.15. The van der Waals surface area contributed by atoms with E-state index >= 15 is 0 Å². The molecule has 0 spiro atoms. The van der Waals surface area contributed by atoms with Crippen LogP contribution in [-0.2, 0) is 4.74 Å². The standard InChI is InChI=1S/C25H28N6O2/c1-2-17(26)15-33-19-9-16(12-28-13-19)24-11-20-21-10-18(31-5-7-32-8-6-31)3-4-23(21)29-14-22(20)25(27)30-24/h3-4,9-14,17H,2,5-8,15,26H2,1H3,(H2,27,30)/t17-/m1/s1. The monoisotopic (exact) mass is 444 g/mol. The van der Waals surface area contributed by atoms with Crippen molar-refractivity contribution in [2.24, 2.45) is 5.73 Å². The number of aromatic nitrogens is 3. The van der Waals surface area contributed by atoms with Crippen LogP contribution in [-0.4, -0.2) is 53.9 Å². The SMILES string of the molecule is CC[C@@H](N)COc1cncc(-c2cc3c(cnc4ccc(N5CCOCC5)cc43)c(N)n2)c1. The van der Waals surface area contributed by atoms with Crippen LogP contribution in [0.25, 0.3) is 32.9 Å². The highest BCUT2D eigenvalue weighted by molar-refractivity contribution is 6.10. The van der Waals surface area contributed by atoms with Gasteiger partial charge in [0, 0.05) is 53.5 Å². The summed E-state index contributed by atoms with van der Waals surface area (Å²) >= 11 is 0. The summed E-state index contributed by atoms with van der Waals surface area (Å²) < 4.78 is 11.3. The van der Waals surface area contributed by atoms with Crippen molar-refractivity contribution in [1.82, 2.24) is 15.0 Å². The van der Waals surface area contributed by atoms with Gasteiger partial charge in [0.15, 0.2) is 0 Å². The van der Waals surface area contributed by atoms with Gasteiger partial charge in [-0.25, -0.2) is 4.98 Å². The summed E-state index contributed by atoms with van der Waals surface area (Å²) in [5, 5.41) is 2.89. The van der Waals surface area contributed by atoms with E-state index in [0.29, 0.717) is 18.2 Å². The fourth-order valence-corrected chi connectivity index (χ4v) is 4.04. The fraction of sp³-hybridized carbons (Fsp3) is 0.320. The Labute approximate surface area is 192 Å². The molecule has 8 heteroatoms. The number of hydrogen-bond donors (Lipinski definition) is 2. The minimum absolute atomic E-state index is 0.0115. The van der Waals surface area contributed by atoms with Gasteiger partial charge in [-0.2, -0.15) is 0 Å². The van der Waals surface area contributed by atoms with Crippen LogP contribution in [0, 0.1) is 0 Å². The van der Waals surface area contributed by atoms with E-state index in [1.165, 1.54) is 0 Å². The molecule has 1 atom stereocenters. The van der Waals surface area contributed by atoms with Crippen LogP contribution in [0.1, 0.15) is 13.3 Å². The van der Waals surface area contributed by atoms with Crippen molar-refractivity contribution in [1.29, 1.82) is 0 Å². The molecule has 1 aliphatic rings. The minimum atomic E-state index is -0.0115. The lowest BCUT2D eigenvalue weighted by molar-refractivity contribution is 0.122. The van der Waals surface area contributed by atoms with Gasteiger partial charge in [0.05, 0.1) is 30.6 Å². The number of nitrogens with two attached hydrogens (primary N) is 2. The summed E-state index contributed by atoms with van der Waals surface area (Å²) in [5.74, 6) is 1.10. The highest BCUT2D eigenvalue weighted by Crippen LogP contribution is 2.33. The van der Waals surface area contributed by atoms with Gasteiger partial charge in [0.1, 0.15) is 18.2 Å². The van der Waals surface area contributed by atoms with Crippen LogP contribution in [0.4, 0.5) is 11.5 Å². The second kappa shape index (κ2) is 9.17. The predicted octanol–water partition coefficient (Wildman–Crippen LogP) is 3.38. The van der Waals surface area contributed by atoms with E-state index in [1.54, 1.807) is 18.6 Å². The molecule has 0 aliphatic carbocycles. The molecule has 1 aromatic carbocycles. The van der Waals surface area contributed by atoms with Gasteiger partial charge < -0.3 is 25.8 Å². The Bertz CT molecular complexity index is 1290. The van der Waals surface area contributed by atoms with Crippen molar-refractivity contribution in [3.8, 4) is 17.0 Å². The van der Waals surface area contributed by atoms with Crippen LogP contribution >= 0.6 is 0 Å². The lowest BCUT2D eigenvalue weighted by atomic mass is 10.0. The molecule has 4 aromatic rings. The molecule has 0 bridgehead atoms. The summed E-state index contributed by atoms with van der Waals surface area (Å²) in [6.45, 7) is 5.70. The third-order valence-corrected chi connectivity index (χ3v) is 6.06. The summed E-state index contributed by atoms with van der Waals surface area (Å²) in [5.41, 5.74) is 16.0. The molecule has 8 nitrogen and oxygen atoms in total. The number of ether oxygens (including phenoxy) is 2. The third kappa shape index (κ3) is 4.40. The van der Waals surface area contributed by atoms with Crippen LogP contribution in [0.2, 0.25) is 0 Å². The van der Waals surface area contributed by atoms with E-state index < -0.39 is 0 Å². The van der Waals surface area contributed by atoms with Crippen molar-refractivity contribution in [3.63, 3.8) is 0 Å². The van der Waals surface area contributed by atoms with E-state index in [-0.39, 0.29) is 6.04 Å². The number of rotatable bonds is 6. The van der Waals surface area contributed by atoms with E-state index in [2.05, 4.69) is 44.1 Å². The topological polar surface area (TPSA) is 112 Å². The summed E-state index contributed by atoms with van der Waals surface area (Å²) in [7, 11) is 0. The molecule has 1 saturated heterocycles. The number of hydrogen-bond acceptors (Lipinski definition) is 8. The lowest BCUT2D eigenvalue weighted by Crippen LogP contribution is -2.36. The Kier molecular flexibility index (Phi) is 5.93. The number of morpholine rings is 1. The quantitative estimate of drug-likeness (QED) is 0.435. The van der Waals surface area contributed by atoms with Crippen LogP contribution < -0.4 is 21.1 Å². The Hall–Kier alpha value is -3.49. The Morgan fingerprint density at radius 3 is 2.73 bits per heavy atom. The molecule has 0 amide bonds. The number of anilines is 2. The molecule has 3 aromatic heterocycles. The summed E-state index contributed by atoms with van der Waals surface area (Å²) in [6, 6.07) is 10.3. The van der Waals surface area contributed by atoms with Gasteiger partial charge in [0.25, 0.3) is 0 Å². The van der Waals surface area contributed by atoms with Crippen molar-refractivity contribution < 1.29 is 9.47 Å². The Balaban J connectivity index is 1.57. The molecule has 170 valence electrons. The van der Waals surface area contributed by atoms with Gasteiger partial charge in [-0.15, -0.1) is 0 Å². The predicted molar refractivity (Wildman–Crippen MR) is 131 cm³/mol.